The Morgan fingerprint density at radius 1 is 1.19 bits per heavy atom. The lowest BCUT2D eigenvalue weighted by Crippen LogP contribution is -2.53. The average molecular weight is 368 g/mol. The first-order chi connectivity index (χ1) is 12.7. The molecule has 0 aliphatic carbocycles. The number of rotatable bonds is 4. The number of thiazole rings is 1. The van der Waals surface area contributed by atoms with Crippen LogP contribution in [0.2, 0.25) is 0 Å². The molecule has 1 N–H and O–H groups in total. The summed E-state index contributed by atoms with van der Waals surface area (Å²) in [5, 5.41) is 9.59. The highest BCUT2D eigenvalue weighted by Gasteiger charge is 2.31. The number of amides is 2. The number of urea groups is 1. The van der Waals surface area contributed by atoms with Gasteiger partial charge in [0.25, 0.3) is 5.56 Å². The van der Waals surface area contributed by atoms with Crippen molar-refractivity contribution in [3.63, 3.8) is 0 Å². The van der Waals surface area contributed by atoms with Crippen molar-refractivity contribution in [1.82, 2.24) is 24.6 Å². The second kappa shape index (κ2) is 7.04. The van der Waals surface area contributed by atoms with Crippen molar-refractivity contribution in [2.75, 3.05) is 18.4 Å². The van der Waals surface area contributed by atoms with Crippen LogP contribution >= 0.6 is 11.3 Å². The van der Waals surface area contributed by atoms with Crippen LogP contribution in [-0.4, -0.2) is 43.8 Å². The molecule has 2 amide bonds. The average Bonchev–Trinajstić information content (AvgIpc) is 3.12. The predicted octanol–water partition coefficient (Wildman–Crippen LogP) is 1.93. The molecule has 9 heteroatoms. The summed E-state index contributed by atoms with van der Waals surface area (Å²) in [5.74, 6) is 0.204. The number of hydrogen-bond donors (Lipinski definition) is 1. The van der Waals surface area contributed by atoms with Gasteiger partial charge in [0.15, 0.2) is 5.13 Å². The van der Waals surface area contributed by atoms with E-state index in [4.69, 9.17) is 0 Å². The molecule has 0 radical (unpaired) electrons. The van der Waals surface area contributed by atoms with Gasteiger partial charge < -0.3 is 4.90 Å². The van der Waals surface area contributed by atoms with Crippen LogP contribution < -0.4 is 10.9 Å². The molecule has 0 spiro atoms. The van der Waals surface area contributed by atoms with Gasteiger partial charge in [0.05, 0.1) is 12.2 Å². The van der Waals surface area contributed by atoms with Gasteiger partial charge in [-0.2, -0.15) is 5.10 Å². The predicted molar refractivity (Wildman–Crippen MR) is 97.9 cm³/mol. The van der Waals surface area contributed by atoms with Crippen LogP contribution in [-0.2, 0) is 6.54 Å². The molecule has 1 saturated heterocycles. The summed E-state index contributed by atoms with van der Waals surface area (Å²) in [4.78, 5) is 33.9. The van der Waals surface area contributed by atoms with Crippen molar-refractivity contribution in [1.29, 1.82) is 0 Å². The molecule has 0 unspecified atom stereocenters. The Morgan fingerprint density at radius 2 is 2.00 bits per heavy atom. The second-order valence-corrected chi connectivity index (χ2v) is 6.91. The van der Waals surface area contributed by atoms with Crippen LogP contribution in [0.5, 0.6) is 0 Å². The van der Waals surface area contributed by atoms with E-state index in [0.717, 1.165) is 11.3 Å². The summed E-state index contributed by atoms with van der Waals surface area (Å²) in [5.41, 5.74) is 1.49. The highest BCUT2D eigenvalue weighted by molar-refractivity contribution is 7.13. The van der Waals surface area contributed by atoms with E-state index in [-0.39, 0.29) is 17.5 Å². The van der Waals surface area contributed by atoms with E-state index in [1.807, 2.05) is 17.5 Å². The topological polar surface area (TPSA) is 93.0 Å². The van der Waals surface area contributed by atoms with Crippen LogP contribution in [0.4, 0.5) is 9.93 Å². The molecule has 0 saturated carbocycles. The lowest BCUT2D eigenvalue weighted by atomic mass is 10.0. The molecule has 1 aliphatic heterocycles. The van der Waals surface area contributed by atoms with E-state index in [9.17, 15) is 9.59 Å². The first-order valence-electron chi connectivity index (χ1n) is 8.13. The van der Waals surface area contributed by atoms with Gasteiger partial charge in [0.2, 0.25) is 0 Å². The zero-order valence-electron chi connectivity index (χ0n) is 13.8. The van der Waals surface area contributed by atoms with Crippen LogP contribution in [0, 0.1) is 5.92 Å². The molecule has 4 heterocycles. The Bertz CT molecular complexity index is 951. The summed E-state index contributed by atoms with van der Waals surface area (Å²) in [6.07, 6.45) is 5.03. The third kappa shape index (κ3) is 3.47. The van der Waals surface area contributed by atoms with E-state index in [1.165, 1.54) is 22.1 Å². The molecule has 0 bridgehead atoms. The third-order valence-electron chi connectivity index (χ3n) is 4.16. The van der Waals surface area contributed by atoms with Crippen LogP contribution in [0.25, 0.3) is 11.3 Å². The highest BCUT2D eigenvalue weighted by Crippen LogP contribution is 2.20. The maximum atomic E-state index is 12.1. The molecular formula is C17H16N6O2S. The number of nitrogens with zero attached hydrogens (tertiary/aromatic N) is 5. The normalized spacial score (nSPS) is 14.1. The van der Waals surface area contributed by atoms with Gasteiger partial charge >= 0.3 is 6.03 Å². The van der Waals surface area contributed by atoms with Crippen molar-refractivity contribution in [3.05, 3.63) is 58.6 Å². The fourth-order valence-electron chi connectivity index (χ4n) is 2.81. The van der Waals surface area contributed by atoms with Crippen molar-refractivity contribution in [2.24, 2.45) is 5.92 Å². The highest BCUT2D eigenvalue weighted by atomic mass is 32.1. The summed E-state index contributed by atoms with van der Waals surface area (Å²) >= 11 is 1.38. The standard InChI is InChI=1S/C17H16N6O2S/c24-15-2-1-14(13-3-5-18-6-4-13)21-23(15)11-12-9-22(10-12)17(25)20-16-19-7-8-26-16/h1-8,12H,9-11H2,(H,19,20,25). The van der Waals surface area contributed by atoms with Crippen molar-refractivity contribution in [3.8, 4) is 11.3 Å². The van der Waals surface area contributed by atoms with E-state index in [0.29, 0.717) is 24.8 Å². The third-order valence-corrected chi connectivity index (χ3v) is 4.85. The smallest absolute Gasteiger partial charge is 0.323 e. The van der Waals surface area contributed by atoms with Gasteiger partial charge in [0, 0.05) is 54.6 Å². The lowest BCUT2D eigenvalue weighted by Gasteiger charge is -2.38. The molecule has 3 aromatic rings. The number of carbonyl (C=O) groups is 1. The summed E-state index contributed by atoms with van der Waals surface area (Å²) in [6, 6.07) is 6.77. The number of pyridine rings is 1. The fourth-order valence-corrected chi connectivity index (χ4v) is 3.33. The minimum absolute atomic E-state index is 0.145. The molecule has 0 aromatic carbocycles. The zero-order chi connectivity index (χ0) is 17.9. The Balaban J connectivity index is 1.38. The summed E-state index contributed by atoms with van der Waals surface area (Å²) in [7, 11) is 0. The van der Waals surface area contributed by atoms with Crippen LogP contribution in [0.1, 0.15) is 0 Å². The Kier molecular flexibility index (Phi) is 4.44. The molecule has 4 rings (SSSR count). The van der Waals surface area contributed by atoms with E-state index < -0.39 is 0 Å². The van der Waals surface area contributed by atoms with Gasteiger partial charge in [-0.15, -0.1) is 11.3 Å². The maximum Gasteiger partial charge on any atom is 0.323 e. The molecule has 1 aliphatic rings. The molecule has 132 valence electrons. The van der Waals surface area contributed by atoms with Crippen LogP contribution in [0.3, 0.4) is 0 Å². The first kappa shape index (κ1) is 16.4. The van der Waals surface area contributed by atoms with Gasteiger partial charge in [-0.3, -0.25) is 15.1 Å². The summed E-state index contributed by atoms with van der Waals surface area (Å²) < 4.78 is 1.47. The number of carbonyl (C=O) groups excluding carboxylic acids is 1. The van der Waals surface area contributed by atoms with Crippen molar-refractivity contribution < 1.29 is 4.79 Å². The van der Waals surface area contributed by atoms with Gasteiger partial charge in [-0.25, -0.2) is 14.5 Å². The zero-order valence-corrected chi connectivity index (χ0v) is 14.6. The Labute approximate surface area is 153 Å². The molecular weight excluding hydrogens is 352 g/mol. The van der Waals surface area contributed by atoms with Gasteiger partial charge in [-0.05, 0) is 18.2 Å². The monoisotopic (exact) mass is 368 g/mol. The molecule has 3 aromatic heterocycles. The number of anilines is 1. The van der Waals surface area contributed by atoms with Crippen molar-refractivity contribution in [2.45, 2.75) is 6.54 Å². The minimum atomic E-state index is -0.165. The quantitative estimate of drug-likeness (QED) is 0.759. The fraction of sp³-hybridized carbons (Fsp3) is 0.235. The molecule has 1 fully saturated rings. The van der Waals surface area contributed by atoms with Gasteiger partial charge in [-0.1, -0.05) is 0 Å². The van der Waals surface area contributed by atoms with Crippen molar-refractivity contribution >= 4 is 22.5 Å². The van der Waals surface area contributed by atoms with Gasteiger partial charge in [0.1, 0.15) is 0 Å². The lowest BCUT2D eigenvalue weighted by molar-refractivity contribution is 0.116. The number of likely N-dealkylation sites (tertiary alicyclic amines) is 1. The number of aromatic nitrogens is 4. The second-order valence-electron chi connectivity index (χ2n) is 6.01. The maximum absolute atomic E-state index is 12.1. The van der Waals surface area contributed by atoms with E-state index >= 15 is 0 Å². The van der Waals surface area contributed by atoms with Crippen LogP contribution in [0.15, 0.2) is 53.0 Å². The summed E-state index contributed by atoms with van der Waals surface area (Å²) in [6.45, 7) is 1.66. The molecule has 0 atom stereocenters. The Hall–Kier alpha value is -3.07. The molecule has 8 nitrogen and oxygen atoms in total. The van der Waals surface area contributed by atoms with E-state index in [1.54, 1.807) is 29.6 Å². The van der Waals surface area contributed by atoms with E-state index in [2.05, 4.69) is 20.4 Å². The SMILES string of the molecule is O=C(Nc1nccs1)N1CC(Cn2nc(-c3ccncc3)ccc2=O)C1. The Morgan fingerprint density at radius 3 is 2.73 bits per heavy atom. The minimum Gasteiger partial charge on any atom is -0.324 e. The largest absolute Gasteiger partial charge is 0.324 e. The first-order valence-corrected chi connectivity index (χ1v) is 9.01. The molecule has 26 heavy (non-hydrogen) atoms. The number of hydrogen-bond acceptors (Lipinski definition) is 6. The number of nitrogens with one attached hydrogen (secondary N) is 1.